The highest BCUT2D eigenvalue weighted by atomic mass is 16.5. The van der Waals surface area contributed by atoms with Gasteiger partial charge in [0.25, 0.3) is 5.91 Å². The molecule has 7 nitrogen and oxygen atoms in total. The number of benzene rings is 2. The second-order valence-electron chi connectivity index (χ2n) is 6.03. The van der Waals surface area contributed by atoms with Gasteiger partial charge in [-0.25, -0.2) is 4.79 Å². The average Bonchev–Trinajstić information content (AvgIpc) is 2.77. The van der Waals surface area contributed by atoms with Crippen molar-refractivity contribution in [1.29, 1.82) is 10.5 Å². The summed E-state index contributed by atoms with van der Waals surface area (Å²) in [5.41, 5.74) is 0.955. The van der Waals surface area contributed by atoms with Gasteiger partial charge in [0, 0.05) is 18.7 Å². The van der Waals surface area contributed by atoms with Gasteiger partial charge in [-0.05, 0) is 18.2 Å². The largest absolute Gasteiger partial charge is 0.489 e. The van der Waals surface area contributed by atoms with Gasteiger partial charge in [0.2, 0.25) is 0 Å². The van der Waals surface area contributed by atoms with Crippen molar-refractivity contribution in [1.82, 2.24) is 4.90 Å². The lowest BCUT2D eigenvalue weighted by atomic mass is 10.1. The molecule has 2 rings (SSSR count). The zero-order valence-electron chi connectivity index (χ0n) is 15.9. The van der Waals surface area contributed by atoms with Crippen LogP contribution < -0.4 is 4.74 Å². The number of rotatable bonds is 10. The standard InChI is InChI=1S/C22H21N3O4/c23-12-6-14-25(15-7-13-24)21(26)17-29-22(27)20-11-5-4-8-18(20)16-28-19-9-2-1-3-10-19/h1-5,8-11H,6-7,14-17H2. The Labute approximate surface area is 169 Å². The first-order valence-corrected chi connectivity index (χ1v) is 9.10. The maximum Gasteiger partial charge on any atom is 0.339 e. The highest BCUT2D eigenvalue weighted by molar-refractivity contribution is 5.92. The van der Waals surface area contributed by atoms with E-state index in [4.69, 9.17) is 20.0 Å². The van der Waals surface area contributed by atoms with Crippen LogP contribution in [0.25, 0.3) is 0 Å². The Morgan fingerprint density at radius 3 is 2.17 bits per heavy atom. The first-order chi connectivity index (χ1) is 14.2. The lowest BCUT2D eigenvalue weighted by Crippen LogP contribution is -2.36. The molecule has 148 valence electrons. The number of hydrogen-bond acceptors (Lipinski definition) is 6. The number of nitriles is 2. The molecule has 0 N–H and O–H groups in total. The van der Waals surface area contributed by atoms with Gasteiger partial charge in [0.05, 0.1) is 30.5 Å². The van der Waals surface area contributed by atoms with E-state index in [1.807, 2.05) is 42.5 Å². The van der Waals surface area contributed by atoms with Crippen molar-refractivity contribution >= 4 is 11.9 Å². The lowest BCUT2D eigenvalue weighted by molar-refractivity contribution is -0.134. The molecule has 0 radical (unpaired) electrons. The quantitative estimate of drug-likeness (QED) is 0.577. The Kier molecular flexibility index (Phi) is 8.72. The summed E-state index contributed by atoms with van der Waals surface area (Å²) in [4.78, 5) is 26.1. The summed E-state index contributed by atoms with van der Waals surface area (Å²) in [6, 6.07) is 20.0. The van der Waals surface area contributed by atoms with E-state index < -0.39 is 18.5 Å². The molecule has 1 amide bonds. The monoisotopic (exact) mass is 391 g/mol. The third kappa shape index (κ3) is 7.00. The van der Waals surface area contributed by atoms with Crippen LogP contribution in [0.5, 0.6) is 5.75 Å². The van der Waals surface area contributed by atoms with Gasteiger partial charge < -0.3 is 14.4 Å². The van der Waals surface area contributed by atoms with Crippen LogP contribution in [0.2, 0.25) is 0 Å². The second-order valence-corrected chi connectivity index (χ2v) is 6.03. The highest BCUT2D eigenvalue weighted by Gasteiger charge is 2.18. The molecule has 2 aromatic carbocycles. The minimum atomic E-state index is -0.633. The van der Waals surface area contributed by atoms with Gasteiger partial charge >= 0.3 is 5.97 Å². The van der Waals surface area contributed by atoms with Crippen molar-refractivity contribution in [3.05, 3.63) is 65.7 Å². The first kappa shape index (κ1) is 21.5. The molecule has 0 bridgehead atoms. The molecule has 0 aliphatic rings. The molecule has 7 heteroatoms. The third-order valence-electron chi connectivity index (χ3n) is 4.04. The summed E-state index contributed by atoms with van der Waals surface area (Å²) in [6.45, 7) is 0.107. The minimum Gasteiger partial charge on any atom is -0.489 e. The van der Waals surface area contributed by atoms with E-state index in [0.717, 1.165) is 0 Å². The molecular weight excluding hydrogens is 370 g/mol. The van der Waals surface area contributed by atoms with Crippen molar-refractivity contribution in [2.45, 2.75) is 19.4 Å². The normalized spacial score (nSPS) is 9.72. The van der Waals surface area contributed by atoms with E-state index in [-0.39, 0.29) is 32.5 Å². The molecule has 0 atom stereocenters. The molecule has 0 fully saturated rings. The summed E-state index contributed by atoms with van der Waals surface area (Å²) in [5.74, 6) is -0.399. The van der Waals surface area contributed by atoms with Crippen LogP contribution in [0.15, 0.2) is 54.6 Å². The predicted molar refractivity (Wildman–Crippen MR) is 105 cm³/mol. The smallest absolute Gasteiger partial charge is 0.339 e. The van der Waals surface area contributed by atoms with Crippen molar-refractivity contribution in [2.75, 3.05) is 19.7 Å². The molecule has 0 spiro atoms. The van der Waals surface area contributed by atoms with Crippen molar-refractivity contribution in [2.24, 2.45) is 0 Å². The van der Waals surface area contributed by atoms with E-state index in [1.165, 1.54) is 4.90 Å². The van der Waals surface area contributed by atoms with Crippen molar-refractivity contribution in [3.63, 3.8) is 0 Å². The van der Waals surface area contributed by atoms with Gasteiger partial charge in [-0.15, -0.1) is 0 Å². The van der Waals surface area contributed by atoms with Crippen molar-refractivity contribution < 1.29 is 19.1 Å². The molecule has 0 heterocycles. The van der Waals surface area contributed by atoms with Crippen LogP contribution in [0.4, 0.5) is 0 Å². The van der Waals surface area contributed by atoms with E-state index in [9.17, 15) is 9.59 Å². The van der Waals surface area contributed by atoms with Gasteiger partial charge in [-0.1, -0.05) is 36.4 Å². The molecular formula is C22H21N3O4. The van der Waals surface area contributed by atoms with Crippen LogP contribution in [0, 0.1) is 22.7 Å². The van der Waals surface area contributed by atoms with Crippen LogP contribution >= 0.6 is 0 Å². The SMILES string of the molecule is N#CCCN(CCC#N)C(=O)COC(=O)c1ccccc1COc1ccccc1. The second kappa shape index (κ2) is 11.8. The molecule has 0 saturated heterocycles. The fourth-order valence-electron chi connectivity index (χ4n) is 2.55. The Balaban J connectivity index is 1.96. The summed E-state index contributed by atoms with van der Waals surface area (Å²) >= 11 is 0. The Hall–Kier alpha value is -3.84. The number of carbonyl (C=O) groups excluding carboxylic acids is 2. The molecule has 0 aliphatic heterocycles. The lowest BCUT2D eigenvalue weighted by Gasteiger charge is -2.20. The summed E-state index contributed by atoms with van der Waals surface area (Å²) in [5, 5.41) is 17.4. The Bertz CT molecular complexity index is 882. The molecule has 0 aliphatic carbocycles. The number of hydrogen-bond donors (Lipinski definition) is 0. The van der Waals surface area contributed by atoms with E-state index in [1.54, 1.807) is 24.3 Å². The topological polar surface area (TPSA) is 103 Å². The Morgan fingerprint density at radius 2 is 1.52 bits per heavy atom. The maximum atomic E-state index is 12.5. The van der Waals surface area contributed by atoms with Gasteiger partial charge in [0.1, 0.15) is 12.4 Å². The fraction of sp³-hybridized carbons (Fsp3) is 0.273. The number of esters is 1. The van der Waals surface area contributed by atoms with Crippen LogP contribution in [0.3, 0.4) is 0 Å². The number of carbonyl (C=O) groups is 2. The number of para-hydroxylation sites is 1. The summed E-state index contributed by atoms with van der Waals surface area (Å²) in [6.07, 6.45) is 0.287. The molecule has 0 saturated carbocycles. The van der Waals surface area contributed by atoms with Gasteiger partial charge in [0.15, 0.2) is 6.61 Å². The zero-order chi connectivity index (χ0) is 20.9. The van der Waals surface area contributed by atoms with E-state index in [0.29, 0.717) is 16.9 Å². The first-order valence-electron chi connectivity index (χ1n) is 9.10. The van der Waals surface area contributed by atoms with E-state index in [2.05, 4.69) is 0 Å². The number of amides is 1. The Morgan fingerprint density at radius 1 is 0.897 bits per heavy atom. The van der Waals surface area contributed by atoms with Crippen molar-refractivity contribution in [3.8, 4) is 17.9 Å². The van der Waals surface area contributed by atoms with Gasteiger partial charge in [-0.3, -0.25) is 4.79 Å². The average molecular weight is 391 g/mol. The number of ether oxygens (including phenoxy) is 2. The minimum absolute atomic E-state index is 0.144. The van der Waals surface area contributed by atoms with E-state index >= 15 is 0 Å². The molecule has 2 aromatic rings. The van der Waals surface area contributed by atoms with Crippen LogP contribution in [0.1, 0.15) is 28.8 Å². The third-order valence-corrected chi connectivity index (χ3v) is 4.04. The maximum absolute atomic E-state index is 12.5. The highest BCUT2D eigenvalue weighted by Crippen LogP contribution is 2.15. The predicted octanol–water partition coefficient (Wildman–Crippen LogP) is 3.08. The fourth-order valence-corrected chi connectivity index (χ4v) is 2.55. The van der Waals surface area contributed by atoms with Crippen LogP contribution in [-0.4, -0.2) is 36.5 Å². The zero-order valence-corrected chi connectivity index (χ0v) is 15.9. The molecule has 0 aromatic heterocycles. The van der Waals surface area contributed by atoms with Crippen LogP contribution in [-0.2, 0) is 16.1 Å². The molecule has 29 heavy (non-hydrogen) atoms. The summed E-state index contributed by atoms with van der Waals surface area (Å²) in [7, 11) is 0. The summed E-state index contributed by atoms with van der Waals surface area (Å²) < 4.78 is 10.9. The molecule has 0 unspecified atom stereocenters. The number of nitrogens with zero attached hydrogens (tertiary/aromatic N) is 3. The van der Waals surface area contributed by atoms with Gasteiger partial charge in [-0.2, -0.15) is 10.5 Å².